The van der Waals surface area contributed by atoms with Crippen LogP contribution in [0.2, 0.25) is 0 Å². The van der Waals surface area contributed by atoms with Gasteiger partial charge < -0.3 is 15.0 Å². The van der Waals surface area contributed by atoms with Gasteiger partial charge in [-0.15, -0.1) is 0 Å². The topological polar surface area (TPSA) is 41.6 Å². The van der Waals surface area contributed by atoms with Crippen molar-refractivity contribution in [3.8, 4) is 0 Å². The molecule has 4 nitrogen and oxygen atoms in total. The van der Waals surface area contributed by atoms with Crippen LogP contribution in [0.1, 0.15) is 41.0 Å². The van der Waals surface area contributed by atoms with E-state index in [4.69, 9.17) is 4.74 Å². The van der Waals surface area contributed by atoms with Crippen molar-refractivity contribution in [1.82, 2.24) is 10.2 Å². The third-order valence-electron chi connectivity index (χ3n) is 4.82. The zero-order valence-electron chi connectivity index (χ0n) is 13.0. The van der Waals surface area contributed by atoms with Gasteiger partial charge in [-0.2, -0.15) is 0 Å². The lowest BCUT2D eigenvalue weighted by molar-refractivity contribution is -0.0239. The van der Waals surface area contributed by atoms with Crippen molar-refractivity contribution < 1.29 is 9.53 Å². The van der Waals surface area contributed by atoms with E-state index < -0.39 is 5.60 Å². The molecule has 110 valence electrons. The highest BCUT2D eigenvalue weighted by atomic mass is 16.6. The minimum absolute atomic E-state index is 0.160. The SMILES string of the molecule is CC1CN(C(=O)OC(C)(C)C)CC(C)C12CCNC2. The Morgan fingerprint density at radius 2 is 1.84 bits per heavy atom. The van der Waals surface area contributed by atoms with Gasteiger partial charge in [-0.25, -0.2) is 4.79 Å². The maximum Gasteiger partial charge on any atom is 0.410 e. The van der Waals surface area contributed by atoms with Crippen molar-refractivity contribution in [3.63, 3.8) is 0 Å². The third kappa shape index (κ3) is 2.88. The Bertz CT molecular complexity index is 329. The van der Waals surface area contributed by atoms with Crippen LogP contribution in [-0.4, -0.2) is 42.8 Å². The summed E-state index contributed by atoms with van der Waals surface area (Å²) in [7, 11) is 0. The summed E-state index contributed by atoms with van der Waals surface area (Å²) in [6.07, 6.45) is 1.07. The molecule has 2 unspecified atom stereocenters. The summed E-state index contributed by atoms with van der Waals surface area (Å²) in [6.45, 7) is 14.2. The Labute approximate surface area is 116 Å². The van der Waals surface area contributed by atoms with Crippen LogP contribution in [-0.2, 0) is 4.74 Å². The molecule has 19 heavy (non-hydrogen) atoms. The Hall–Kier alpha value is -0.770. The summed E-state index contributed by atoms with van der Waals surface area (Å²) in [4.78, 5) is 14.1. The molecule has 0 aromatic rings. The molecule has 0 aromatic heterocycles. The molecule has 1 spiro atoms. The fourth-order valence-electron chi connectivity index (χ4n) is 3.63. The van der Waals surface area contributed by atoms with Crippen molar-refractivity contribution in [3.05, 3.63) is 0 Å². The molecular weight excluding hydrogens is 240 g/mol. The van der Waals surface area contributed by atoms with Gasteiger partial charge >= 0.3 is 6.09 Å². The minimum Gasteiger partial charge on any atom is -0.444 e. The van der Waals surface area contributed by atoms with Gasteiger partial charge in [0.2, 0.25) is 0 Å². The molecule has 1 N–H and O–H groups in total. The maximum absolute atomic E-state index is 12.2. The lowest BCUT2D eigenvalue weighted by Crippen LogP contribution is -2.55. The predicted octanol–water partition coefficient (Wildman–Crippen LogP) is 2.49. The second-order valence-electron chi connectivity index (χ2n) is 7.35. The first kappa shape index (κ1) is 14.6. The van der Waals surface area contributed by atoms with Crippen molar-refractivity contribution in [2.24, 2.45) is 17.3 Å². The number of amides is 1. The molecule has 2 rings (SSSR count). The molecule has 2 fully saturated rings. The number of carbonyl (C=O) groups excluding carboxylic acids is 1. The Morgan fingerprint density at radius 3 is 2.26 bits per heavy atom. The van der Waals surface area contributed by atoms with Crippen LogP contribution in [0, 0.1) is 17.3 Å². The van der Waals surface area contributed by atoms with E-state index in [9.17, 15) is 4.79 Å². The molecule has 2 heterocycles. The molecule has 1 amide bonds. The molecule has 0 aliphatic carbocycles. The molecule has 2 atom stereocenters. The Balaban J connectivity index is 2.03. The van der Waals surface area contributed by atoms with Crippen molar-refractivity contribution in [1.29, 1.82) is 0 Å². The monoisotopic (exact) mass is 268 g/mol. The Kier molecular flexibility index (Phi) is 3.83. The largest absolute Gasteiger partial charge is 0.444 e. The van der Waals surface area contributed by atoms with Crippen LogP contribution in [0.4, 0.5) is 4.79 Å². The molecule has 2 saturated heterocycles. The number of hydrogen-bond donors (Lipinski definition) is 1. The van der Waals surface area contributed by atoms with E-state index in [1.54, 1.807) is 0 Å². The number of hydrogen-bond acceptors (Lipinski definition) is 3. The van der Waals surface area contributed by atoms with Crippen LogP contribution in [0.5, 0.6) is 0 Å². The molecule has 2 aliphatic rings. The average Bonchev–Trinajstić information content (AvgIpc) is 2.73. The van der Waals surface area contributed by atoms with Crippen LogP contribution in [0.25, 0.3) is 0 Å². The summed E-state index contributed by atoms with van der Waals surface area (Å²) in [5, 5.41) is 3.49. The smallest absolute Gasteiger partial charge is 0.410 e. The second kappa shape index (κ2) is 4.97. The fraction of sp³-hybridized carbons (Fsp3) is 0.933. The van der Waals surface area contributed by atoms with Crippen LogP contribution in [0.3, 0.4) is 0 Å². The molecule has 0 saturated carbocycles. The zero-order chi connectivity index (χ0) is 14.3. The molecule has 2 aliphatic heterocycles. The number of carbonyl (C=O) groups is 1. The summed E-state index contributed by atoms with van der Waals surface area (Å²) < 4.78 is 5.50. The van der Waals surface area contributed by atoms with Crippen LogP contribution < -0.4 is 5.32 Å². The van der Waals surface area contributed by atoms with Crippen molar-refractivity contribution in [2.75, 3.05) is 26.2 Å². The lowest BCUT2D eigenvalue weighted by Gasteiger charge is -2.48. The van der Waals surface area contributed by atoms with E-state index in [1.165, 1.54) is 6.42 Å². The summed E-state index contributed by atoms with van der Waals surface area (Å²) in [5.41, 5.74) is -0.0356. The number of likely N-dealkylation sites (tertiary alicyclic amines) is 1. The highest BCUT2D eigenvalue weighted by Crippen LogP contribution is 2.45. The maximum atomic E-state index is 12.2. The van der Waals surface area contributed by atoms with Gasteiger partial charge in [-0.1, -0.05) is 13.8 Å². The van der Waals surface area contributed by atoms with Gasteiger partial charge in [-0.05, 0) is 51.0 Å². The molecule has 0 bridgehead atoms. The normalized spacial score (nSPS) is 35.7. The summed E-state index contributed by atoms with van der Waals surface area (Å²) in [6, 6.07) is 0. The van der Waals surface area contributed by atoms with E-state index >= 15 is 0 Å². The third-order valence-corrected chi connectivity index (χ3v) is 4.82. The quantitative estimate of drug-likeness (QED) is 0.734. The lowest BCUT2D eigenvalue weighted by atomic mass is 9.64. The number of nitrogens with zero attached hydrogens (tertiary/aromatic N) is 1. The molecule has 0 radical (unpaired) electrons. The number of nitrogens with one attached hydrogen (secondary N) is 1. The van der Waals surface area contributed by atoms with Gasteiger partial charge in [0, 0.05) is 19.6 Å². The number of rotatable bonds is 0. The zero-order valence-corrected chi connectivity index (χ0v) is 13.0. The van der Waals surface area contributed by atoms with E-state index in [2.05, 4.69) is 19.2 Å². The highest BCUT2D eigenvalue weighted by molar-refractivity contribution is 5.68. The van der Waals surface area contributed by atoms with Gasteiger partial charge in [0.15, 0.2) is 0 Å². The van der Waals surface area contributed by atoms with Gasteiger partial charge in [0.05, 0.1) is 0 Å². The molecule has 4 heteroatoms. The summed E-state index contributed by atoms with van der Waals surface area (Å²) in [5.74, 6) is 1.05. The molecular formula is C15H28N2O2. The van der Waals surface area contributed by atoms with Crippen LogP contribution >= 0.6 is 0 Å². The summed E-state index contributed by atoms with van der Waals surface area (Å²) >= 11 is 0. The number of piperidine rings is 1. The first-order valence-electron chi connectivity index (χ1n) is 7.43. The first-order valence-corrected chi connectivity index (χ1v) is 7.43. The first-order chi connectivity index (χ1) is 8.74. The van der Waals surface area contributed by atoms with Gasteiger partial charge in [0.25, 0.3) is 0 Å². The van der Waals surface area contributed by atoms with E-state index in [1.807, 2.05) is 25.7 Å². The highest BCUT2D eigenvalue weighted by Gasteiger charge is 2.48. The van der Waals surface area contributed by atoms with Gasteiger partial charge in [0.1, 0.15) is 5.60 Å². The Morgan fingerprint density at radius 1 is 1.26 bits per heavy atom. The fourth-order valence-corrected chi connectivity index (χ4v) is 3.63. The molecule has 0 aromatic carbocycles. The van der Waals surface area contributed by atoms with Crippen LogP contribution in [0.15, 0.2) is 0 Å². The van der Waals surface area contributed by atoms with E-state index in [0.29, 0.717) is 17.3 Å². The average molecular weight is 268 g/mol. The predicted molar refractivity (Wildman–Crippen MR) is 76.1 cm³/mol. The van der Waals surface area contributed by atoms with E-state index in [0.717, 1.165) is 26.2 Å². The van der Waals surface area contributed by atoms with Gasteiger partial charge in [-0.3, -0.25) is 0 Å². The van der Waals surface area contributed by atoms with Crippen molar-refractivity contribution in [2.45, 2.75) is 46.6 Å². The number of ether oxygens (including phenoxy) is 1. The second-order valence-corrected chi connectivity index (χ2v) is 7.35. The van der Waals surface area contributed by atoms with E-state index in [-0.39, 0.29) is 6.09 Å². The minimum atomic E-state index is -0.409. The van der Waals surface area contributed by atoms with Crippen molar-refractivity contribution >= 4 is 6.09 Å². The standard InChI is InChI=1S/C15H28N2O2/c1-11-8-17(13(18)19-14(3,4)5)9-12(2)15(11)6-7-16-10-15/h11-12,16H,6-10H2,1-5H3.